The molecule has 0 aliphatic carbocycles. The fraction of sp³-hybridized carbons (Fsp3) is 0.258. The van der Waals surface area contributed by atoms with Crippen LogP contribution in [0.5, 0.6) is 0 Å². The first-order valence-corrected chi connectivity index (χ1v) is 14.2. The molecular weight excluding hydrogens is 512 g/mol. The number of fused-ring (bicyclic) bond motifs is 1. The predicted molar refractivity (Wildman–Crippen MR) is 154 cm³/mol. The van der Waals surface area contributed by atoms with Crippen molar-refractivity contribution in [3.63, 3.8) is 0 Å². The van der Waals surface area contributed by atoms with Gasteiger partial charge in [-0.15, -0.1) is 0 Å². The Hall–Kier alpha value is -3.56. The summed E-state index contributed by atoms with van der Waals surface area (Å²) < 4.78 is 27.4. The molecule has 0 saturated heterocycles. The maximum absolute atomic E-state index is 13.1. The Morgan fingerprint density at radius 1 is 0.897 bits per heavy atom. The summed E-state index contributed by atoms with van der Waals surface area (Å²) in [6, 6.07) is 27.4. The molecule has 1 atom stereocenters. The fourth-order valence-corrected chi connectivity index (χ4v) is 5.79. The number of hydrogen-bond donors (Lipinski definition) is 3. The minimum absolute atomic E-state index is 0.0558. The summed E-state index contributed by atoms with van der Waals surface area (Å²) in [5.41, 5.74) is 2.61. The van der Waals surface area contributed by atoms with Gasteiger partial charge in [0.05, 0.1) is 16.6 Å². The molecular formula is C31H34N2O5S. The van der Waals surface area contributed by atoms with Gasteiger partial charge in [0.15, 0.2) is 0 Å². The first-order valence-electron chi connectivity index (χ1n) is 12.8. The second-order valence-corrected chi connectivity index (χ2v) is 12.5. The molecule has 0 unspecified atom stereocenters. The third-order valence-corrected chi connectivity index (χ3v) is 8.61. The number of aromatic carboxylic acids is 1. The standard InChI is InChI=1S/C31H34N2O5S/c1-31(2,19-22-8-9-23-6-4-5-7-27(23)18-22)32-20-28(34)21-33(3)39(37,38)29-16-14-25(15-17-29)24-10-12-26(13-11-24)30(35)36/h4-18,28,32,34H,19-21H2,1-3H3,(H,35,36)/t28-/m1/s1. The van der Waals surface area contributed by atoms with E-state index in [2.05, 4.69) is 49.5 Å². The van der Waals surface area contributed by atoms with Gasteiger partial charge in [0.1, 0.15) is 0 Å². The molecule has 0 bridgehead atoms. The minimum Gasteiger partial charge on any atom is -0.478 e. The number of aliphatic hydroxyl groups is 1. The summed E-state index contributed by atoms with van der Waals surface area (Å²) in [7, 11) is -2.35. The largest absolute Gasteiger partial charge is 0.478 e. The predicted octanol–water partition coefficient (Wildman–Crippen LogP) is 4.80. The second-order valence-electron chi connectivity index (χ2n) is 10.5. The lowest BCUT2D eigenvalue weighted by Crippen LogP contribution is -2.47. The van der Waals surface area contributed by atoms with E-state index in [-0.39, 0.29) is 29.1 Å². The molecule has 4 aromatic rings. The van der Waals surface area contributed by atoms with Crippen LogP contribution in [0.4, 0.5) is 0 Å². The van der Waals surface area contributed by atoms with Crippen LogP contribution in [-0.4, -0.2) is 60.7 Å². The summed E-state index contributed by atoms with van der Waals surface area (Å²) >= 11 is 0. The van der Waals surface area contributed by atoms with E-state index >= 15 is 0 Å². The molecule has 4 aromatic carbocycles. The molecule has 0 aliphatic heterocycles. The number of hydrogen-bond acceptors (Lipinski definition) is 5. The zero-order chi connectivity index (χ0) is 28.2. The van der Waals surface area contributed by atoms with Gasteiger partial charge in [-0.05, 0) is 72.0 Å². The van der Waals surface area contributed by atoms with Gasteiger partial charge >= 0.3 is 5.97 Å². The number of β-amino-alcohol motifs (C(OH)–C–C–N with tert-alkyl or cyclic N) is 1. The second kappa shape index (κ2) is 11.7. The highest BCUT2D eigenvalue weighted by atomic mass is 32.2. The van der Waals surface area contributed by atoms with Gasteiger partial charge in [-0.2, -0.15) is 4.31 Å². The van der Waals surface area contributed by atoms with Crippen LogP contribution < -0.4 is 5.32 Å². The molecule has 4 rings (SSSR count). The highest BCUT2D eigenvalue weighted by Crippen LogP contribution is 2.24. The maximum atomic E-state index is 13.1. The number of carboxylic acid groups (broad SMARTS) is 1. The molecule has 0 aliphatic rings. The van der Waals surface area contributed by atoms with E-state index < -0.39 is 22.1 Å². The molecule has 0 spiro atoms. The van der Waals surface area contributed by atoms with E-state index in [1.807, 2.05) is 12.1 Å². The van der Waals surface area contributed by atoms with Gasteiger partial charge < -0.3 is 15.5 Å². The minimum atomic E-state index is -3.81. The monoisotopic (exact) mass is 546 g/mol. The van der Waals surface area contributed by atoms with Crippen molar-refractivity contribution in [2.45, 2.75) is 36.8 Å². The van der Waals surface area contributed by atoms with Crippen molar-refractivity contribution in [1.29, 1.82) is 0 Å². The van der Waals surface area contributed by atoms with E-state index in [4.69, 9.17) is 5.11 Å². The van der Waals surface area contributed by atoms with Crippen molar-refractivity contribution >= 4 is 26.8 Å². The normalized spacial score (nSPS) is 13.1. The smallest absolute Gasteiger partial charge is 0.335 e. The Morgan fingerprint density at radius 3 is 2.10 bits per heavy atom. The SMILES string of the molecule is CN(C[C@H](O)CNC(C)(C)Cc1ccc2ccccc2c1)S(=O)(=O)c1ccc(-c2ccc(C(=O)O)cc2)cc1. The quantitative estimate of drug-likeness (QED) is 0.250. The van der Waals surface area contributed by atoms with Crippen LogP contribution >= 0.6 is 0 Å². The number of nitrogens with one attached hydrogen (secondary N) is 1. The van der Waals surface area contributed by atoms with Gasteiger partial charge in [-0.3, -0.25) is 0 Å². The molecule has 0 heterocycles. The van der Waals surface area contributed by atoms with Crippen molar-refractivity contribution in [2.24, 2.45) is 0 Å². The Balaban J connectivity index is 1.33. The van der Waals surface area contributed by atoms with Crippen LogP contribution in [-0.2, 0) is 16.4 Å². The van der Waals surface area contributed by atoms with Crippen LogP contribution in [0, 0.1) is 0 Å². The molecule has 0 amide bonds. The molecule has 7 nitrogen and oxygen atoms in total. The number of carboxylic acids is 1. The van der Waals surface area contributed by atoms with E-state index in [1.54, 1.807) is 24.3 Å². The van der Waals surface area contributed by atoms with Gasteiger partial charge in [-0.25, -0.2) is 13.2 Å². The van der Waals surface area contributed by atoms with Crippen molar-refractivity contribution in [3.05, 3.63) is 102 Å². The number of rotatable bonds is 11. The lowest BCUT2D eigenvalue weighted by atomic mass is 9.93. The van der Waals surface area contributed by atoms with Crippen LogP contribution in [0.15, 0.2) is 95.9 Å². The Morgan fingerprint density at radius 2 is 1.49 bits per heavy atom. The maximum Gasteiger partial charge on any atom is 0.335 e. The topological polar surface area (TPSA) is 107 Å². The van der Waals surface area contributed by atoms with Crippen LogP contribution in [0.1, 0.15) is 29.8 Å². The molecule has 0 fully saturated rings. The molecule has 0 radical (unpaired) electrons. The lowest BCUT2D eigenvalue weighted by molar-refractivity contribution is 0.0697. The van der Waals surface area contributed by atoms with Gasteiger partial charge in [0, 0.05) is 25.7 Å². The van der Waals surface area contributed by atoms with Crippen molar-refractivity contribution in [3.8, 4) is 11.1 Å². The zero-order valence-electron chi connectivity index (χ0n) is 22.3. The Bertz CT molecular complexity index is 1550. The summed E-state index contributed by atoms with van der Waals surface area (Å²) in [5, 5.41) is 25.5. The van der Waals surface area contributed by atoms with Crippen molar-refractivity contribution < 1.29 is 23.4 Å². The number of sulfonamides is 1. The Kier molecular flexibility index (Phi) is 8.51. The van der Waals surface area contributed by atoms with Crippen LogP contribution in [0.25, 0.3) is 21.9 Å². The summed E-state index contributed by atoms with van der Waals surface area (Å²) in [6.45, 7) is 4.31. The van der Waals surface area contributed by atoms with E-state index in [1.165, 1.54) is 47.6 Å². The van der Waals surface area contributed by atoms with Gasteiger partial charge in [0.25, 0.3) is 0 Å². The molecule has 8 heteroatoms. The molecule has 3 N–H and O–H groups in total. The fourth-order valence-electron chi connectivity index (χ4n) is 4.58. The highest BCUT2D eigenvalue weighted by Gasteiger charge is 2.25. The van der Waals surface area contributed by atoms with Gasteiger partial charge in [0.2, 0.25) is 10.0 Å². The van der Waals surface area contributed by atoms with Crippen LogP contribution in [0.2, 0.25) is 0 Å². The van der Waals surface area contributed by atoms with Crippen LogP contribution in [0.3, 0.4) is 0 Å². The molecule has 0 aromatic heterocycles. The number of benzene rings is 4. The zero-order valence-corrected chi connectivity index (χ0v) is 23.2. The summed E-state index contributed by atoms with van der Waals surface area (Å²) in [6.07, 6.45) is -0.142. The van der Waals surface area contributed by atoms with Gasteiger partial charge in [-0.1, -0.05) is 66.7 Å². The van der Waals surface area contributed by atoms with E-state index in [9.17, 15) is 18.3 Å². The first kappa shape index (κ1) is 28.4. The third-order valence-electron chi connectivity index (χ3n) is 6.77. The molecule has 39 heavy (non-hydrogen) atoms. The summed E-state index contributed by atoms with van der Waals surface area (Å²) in [4.78, 5) is 11.2. The molecule has 0 saturated carbocycles. The molecule has 204 valence electrons. The van der Waals surface area contributed by atoms with E-state index in [0.29, 0.717) is 0 Å². The van der Waals surface area contributed by atoms with E-state index in [0.717, 1.165) is 21.9 Å². The number of likely N-dealkylation sites (N-methyl/N-ethyl adjacent to an activating group) is 1. The van der Waals surface area contributed by atoms with Crippen molar-refractivity contribution in [1.82, 2.24) is 9.62 Å². The lowest BCUT2D eigenvalue weighted by Gasteiger charge is -2.29. The average molecular weight is 547 g/mol. The number of nitrogens with zero attached hydrogens (tertiary/aromatic N) is 1. The average Bonchev–Trinajstić information content (AvgIpc) is 2.92. The number of carbonyl (C=O) groups is 1. The van der Waals surface area contributed by atoms with Crippen molar-refractivity contribution in [2.75, 3.05) is 20.1 Å². The highest BCUT2D eigenvalue weighted by molar-refractivity contribution is 7.89. The third kappa shape index (κ3) is 7.10. The summed E-state index contributed by atoms with van der Waals surface area (Å²) in [5.74, 6) is -1.00. The number of aliphatic hydroxyl groups excluding tert-OH is 1. The first-order chi connectivity index (χ1) is 18.4. The Labute approximate surface area is 229 Å².